The lowest BCUT2D eigenvalue weighted by Gasteiger charge is -2.19. The number of nitrogens with one attached hydrogen (secondary N) is 1. The Kier molecular flexibility index (Phi) is 6.52. The van der Waals surface area contributed by atoms with Crippen molar-refractivity contribution in [3.05, 3.63) is 41.4 Å². The zero-order chi connectivity index (χ0) is 18.4. The third-order valence-electron chi connectivity index (χ3n) is 3.90. The third-order valence-corrected chi connectivity index (χ3v) is 4.23. The molecule has 0 spiro atoms. The minimum atomic E-state index is -0.333. The topological polar surface area (TPSA) is 80.1 Å². The molecule has 0 fully saturated rings. The number of rotatable bonds is 7. The molecule has 2 amide bonds. The molecule has 0 aliphatic heterocycles. The van der Waals surface area contributed by atoms with Gasteiger partial charge in [0, 0.05) is 18.7 Å². The van der Waals surface area contributed by atoms with Gasteiger partial charge >= 0.3 is 0 Å². The van der Waals surface area contributed by atoms with E-state index in [-0.39, 0.29) is 17.7 Å². The van der Waals surface area contributed by atoms with Crippen molar-refractivity contribution in [1.82, 2.24) is 19.7 Å². The highest BCUT2D eigenvalue weighted by atomic mass is 35.5. The van der Waals surface area contributed by atoms with Crippen molar-refractivity contribution in [3.63, 3.8) is 0 Å². The van der Waals surface area contributed by atoms with Crippen molar-refractivity contribution < 1.29 is 9.59 Å². The molecule has 1 aromatic heterocycles. The Morgan fingerprint density at radius 2 is 2.04 bits per heavy atom. The Balaban J connectivity index is 2.11. The van der Waals surface area contributed by atoms with Gasteiger partial charge in [-0.1, -0.05) is 18.5 Å². The lowest BCUT2D eigenvalue weighted by molar-refractivity contribution is -0.119. The lowest BCUT2D eigenvalue weighted by Crippen LogP contribution is -2.30. The second-order valence-corrected chi connectivity index (χ2v) is 6.09. The molecular weight excluding hydrogens is 342 g/mol. The summed E-state index contributed by atoms with van der Waals surface area (Å²) in [5.74, 6) is -0.627. The molecule has 1 N–H and O–H groups in total. The minimum absolute atomic E-state index is 0.0900. The number of hydrogen-bond donors (Lipinski definition) is 1. The number of anilines is 1. The fourth-order valence-electron chi connectivity index (χ4n) is 2.39. The average Bonchev–Trinajstić information content (AvgIpc) is 3.10. The molecule has 2 aromatic rings. The number of amides is 2. The number of benzene rings is 1. The van der Waals surface area contributed by atoms with Crippen LogP contribution in [-0.4, -0.2) is 44.6 Å². The van der Waals surface area contributed by atoms with Gasteiger partial charge in [-0.3, -0.25) is 14.3 Å². The first-order chi connectivity index (χ1) is 12.0. The molecular formula is C17H22ClN5O2. The maximum absolute atomic E-state index is 12.5. The number of halogens is 1. The first-order valence-electron chi connectivity index (χ1n) is 8.18. The summed E-state index contributed by atoms with van der Waals surface area (Å²) in [7, 11) is 0. The minimum Gasteiger partial charge on any atom is -0.339 e. The van der Waals surface area contributed by atoms with E-state index in [0.29, 0.717) is 35.9 Å². The van der Waals surface area contributed by atoms with Crippen LogP contribution in [0, 0.1) is 5.92 Å². The second-order valence-electron chi connectivity index (χ2n) is 5.68. The zero-order valence-electron chi connectivity index (χ0n) is 14.6. The number of carbonyl (C=O) groups is 2. The molecule has 2 rings (SSSR count). The Morgan fingerprint density at radius 1 is 1.32 bits per heavy atom. The van der Waals surface area contributed by atoms with Gasteiger partial charge in [-0.15, -0.1) is 0 Å². The summed E-state index contributed by atoms with van der Waals surface area (Å²) >= 11 is 6.17. The lowest BCUT2D eigenvalue weighted by atomic mass is 10.1. The van der Waals surface area contributed by atoms with E-state index in [1.165, 1.54) is 6.33 Å². The van der Waals surface area contributed by atoms with Crippen LogP contribution < -0.4 is 5.32 Å². The predicted molar refractivity (Wildman–Crippen MR) is 96.5 cm³/mol. The predicted octanol–water partition coefficient (Wildman–Crippen LogP) is 2.69. The highest BCUT2D eigenvalue weighted by Gasteiger charge is 2.18. The Hall–Kier alpha value is -2.41. The normalized spacial score (nSPS) is 11.8. The van der Waals surface area contributed by atoms with Gasteiger partial charge in [-0.25, -0.2) is 4.98 Å². The molecule has 8 heteroatoms. The zero-order valence-corrected chi connectivity index (χ0v) is 15.3. The maximum Gasteiger partial charge on any atom is 0.253 e. The fraction of sp³-hybridized carbons (Fsp3) is 0.412. The molecule has 1 unspecified atom stereocenters. The smallest absolute Gasteiger partial charge is 0.253 e. The summed E-state index contributed by atoms with van der Waals surface area (Å²) in [6, 6.07) is 4.90. The van der Waals surface area contributed by atoms with Crippen molar-refractivity contribution in [2.75, 3.05) is 18.4 Å². The first-order valence-corrected chi connectivity index (χ1v) is 8.56. The molecule has 7 nitrogen and oxygen atoms in total. The Bertz CT molecular complexity index is 729. The van der Waals surface area contributed by atoms with E-state index >= 15 is 0 Å². The number of hydrogen-bond acceptors (Lipinski definition) is 4. The number of aromatic nitrogens is 3. The summed E-state index contributed by atoms with van der Waals surface area (Å²) in [5.41, 5.74) is 0.919. The van der Waals surface area contributed by atoms with E-state index in [1.807, 2.05) is 13.8 Å². The van der Waals surface area contributed by atoms with Gasteiger partial charge in [-0.2, -0.15) is 5.10 Å². The standard InChI is InChI=1S/C17H22ClN5O2/c1-4-22(5-2)17(25)13-6-7-14(18)15(8-13)21-16(24)12(3)9-23-11-19-10-20-23/h6-8,10-12H,4-5,9H2,1-3H3,(H,21,24). The van der Waals surface area contributed by atoms with Crippen molar-refractivity contribution in [2.24, 2.45) is 5.92 Å². The number of carbonyl (C=O) groups excluding carboxylic acids is 2. The van der Waals surface area contributed by atoms with Crippen molar-refractivity contribution in [3.8, 4) is 0 Å². The molecule has 1 atom stereocenters. The van der Waals surface area contributed by atoms with E-state index in [4.69, 9.17) is 11.6 Å². The van der Waals surface area contributed by atoms with Gasteiger partial charge in [0.1, 0.15) is 12.7 Å². The van der Waals surface area contributed by atoms with Crippen molar-refractivity contribution in [1.29, 1.82) is 0 Å². The van der Waals surface area contributed by atoms with Gasteiger partial charge in [0.2, 0.25) is 5.91 Å². The fourth-order valence-corrected chi connectivity index (χ4v) is 2.56. The Morgan fingerprint density at radius 3 is 2.64 bits per heavy atom. The van der Waals surface area contributed by atoms with E-state index in [9.17, 15) is 9.59 Å². The van der Waals surface area contributed by atoms with Gasteiger partial charge in [-0.05, 0) is 32.0 Å². The summed E-state index contributed by atoms with van der Waals surface area (Å²) in [5, 5.41) is 7.16. The van der Waals surface area contributed by atoms with Crippen LogP contribution in [0.15, 0.2) is 30.9 Å². The summed E-state index contributed by atoms with van der Waals surface area (Å²) in [6.45, 7) is 7.28. The van der Waals surface area contributed by atoms with E-state index in [0.717, 1.165) is 0 Å². The average molecular weight is 364 g/mol. The monoisotopic (exact) mass is 363 g/mol. The second kappa shape index (κ2) is 8.62. The van der Waals surface area contributed by atoms with Crippen LogP contribution >= 0.6 is 11.6 Å². The molecule has 0 aliphatic rings. The maximum atomic E-state index is 12.5. The molecule has 1 heterocycles. The first kappa shape index (κ1) is 18.9. The van der Waals surface area contributed by atoms with Gasteiger partial charge in [0.05, 0.1) is 23.2 Å². The van der Waals surface area contributed by atoms with Crippen LogP contribution in [-0.2, 0) is 11.3 Å². The molecule has 25 heavy (non-hydrogen) atoms. The third kappa shape index (κ3) is 4.79. The van der Waals surface area contributed by atoms with Crippen LogP contribution in [0.4, 0.5) is 5.69 Å². The molecule has 134 valence electrons. The highest BCUT2D eigenvalue weighted by molar-refractivity contribution is 6.33. The summed E-state index contributed by atoms with van der Waals surface area (Å²) in [4.78, 5) is 30.4. The van der Waals surface area contributed by atoms with Crippen molar-refractivity contribution >= 4 is 29.1 Å². The van der Waals surface area contributed by atoms with Crippen LogP contribution in [0.1, 0.15) is 31.1 Å². The van der Waals surface area contributed by atoms with Crippen LogP contribution in [0.3, 0.4) is 0 Å². The molecule has 0 saturated carbocycles. The van der Waals surface area contributed by atoms with Crippen LogP contribution in [0.5, 0.6) is 0 Å². The molecule has 1 aromatic carbocycles. The van der Waals surface area contributed by atoms with Gasteiger partial charge < -0.3 is 10.2 Å². The SMILES string of the molecule is CCN(CC)C(=O)c1ccc(Cl)c(NC(=O)C(C)Cn2cncn2)c1. The highest BCUT2D eigenvalue weighted by Crippen LogP contribution is 2.24. The summed E-state index contributed by atoms with van der Waals surface area (Å²) < 4.78 is 1.59. The summed E-state index contributed by atoms with van der Waals surface area (Å²) in [6.07, 6.45) is 2.98. The van der Waals surface area contributed by atoms with E-state index in [2.05, 4.69) is 15.4 Å². The molecule has 0 aliphatic carbocycles. The molecule has 0 saturated heterocycles. The molecule has 0 bridgehead atoms. The molecule has 0 radical (unpaired) electrons. The van der Waals surface area contributed by atoms with Crippen LogP contribution in [0.2, 0.25) is 5.02 Å². The van der Waals surface area contributed by atoms with Gasteiger partial charge in [0.25, 0.3) is 5.91 Å². The number of nitrogens with zero attached hydrogens (tertiary/aromatic N) is 4. The van der Waals surface area contributed by atoms with Crippen molar-refractivity contribution in [2.45, 2.75) is 27.3 Å². The largest absolute Gasteiger partial charge is 0.339 e. The van der Waals surface area contributed by atoms with E-state index < -0.39 is 0 Å². The van der Waals surface area contributed by atoms with E-state index in [1.54, 1.807) is 41.0 Å². The van der Waals surface area contributed by atoms with Gasteiger partial charge in [0.15, 0.2) is 0 Å². The Labute approximate surface area is 152 Å². The quantitative estimate of drug-likeness (QED) is 0.820. The van der Waals surface area contributed by atoms with Crippen LogP contribution in [0.25, 0.3) is 0 Å².